The zero-order valence-corrected chi connectivity index (χ0v) is 17.0. The average molecular weight is 422 g/mol. The Kier molecular flexibility index (Phi) is 7.02. The van der Waals surface area contributed by atoms with Crippen LogP contribution in [0.15, 0.2) is 23.8 Å². The number of benzene rings is 1. The highest BCUT2D eigenvalue weighted by molar-refractivity contribution is 6.19. The molecule has 2 rings (SSSR count). The lowest BCUT2D eigenvalue weighted by atomic mass is 9.61. The standard InChI is InChI=1S/C21H26O9/c1-10(2)4-7-16(28)21(20(15(27)9-22)30-11(3)23)8-14(26)17-12(24)5-6-13(25)18(17)19(21)29/h4-6,15-16,20,22,24-25,27-28H,7-9H2,1-3H3/t15?,16-,20?,21?/m1/s1. The third kappa shape index (κ3) is 4.09. The van der Waals surface area contributed by atoms with Gasteiger partial charge < -0.3 is 30.3 Å². The highest BCUT2D eigenvalue weighted by atomic mass is 16.6. The highest BCUT2D eigenvalue weighted by Gasteiger charge is 2.60. The van der Waals surface area contributed by atoms with Gasteiger partial charge in [-0.05, 0) is 32.4 Å². The van der Waals surface area contributed by atoms with Crippen molar-refractivity contribution in [3.8, 4) is 11.5 Å². The lowest BCUT2D eigenvalue weighted by molar-refractivity contribution is -0.171. The summed E-state index contributed by atoms with van der Waals surface area (Å²) in [5, 5.41) is 51.2. The summed E-state index contributed by atoms with van der Waals surface area (Å²) in [6, 6.07) is 2.07. The second-order valence-corrected chi connectivity index (χ2v) is 7.64. The van der Waals surface area contributed by atoms with E-state index in [1.165, 1.54) is 0 Å². The van der Waals surface area contributed by atoms with Crippen LogP contribution < -0.4 is 0 Å². The number of hydrogen-bond donors (Lipinski definition) is 5. The van der Waals surface area contributed by atoms with Crippen molar-refractivity contribution in [2.24, 2.45) is 5.41 Å². The molecule has 0 saturated carbocycles. The first-order valence-corrected chi connectivity index (χ1v) is 9.37. The molecule has 1 aromatic carbocycles. The van der Waals surface area contributed by atoms with Crippen molar-refractivity contribution in [3.05, 3.63) is 34.9 Å². The summed E-state index contributed by atoms with van der Waals surface area (Å²) < 4.78 is 5.13. The average Bonchev–Trinajstić information content (AvgIpc) is 2.68. The minimum absolute atomic E-state index is 0.133. The van der Waals surface area contributed by atoms with Crippen LogP contribution in [0.5, 0.6) is 11.5 Å². The van der Waals surface area contributed by atoms with Crippen LogP contribution >= 0.6 is 0 Å². The number of esters is 1. The molecule has 4 atom stereocenters. The molecule has 3 unspecified atom stereocenters. The van der Waals surface area contributed by atoms with Gasteiger partial charge in [0.15, 0.2) is 11.6 Å². The van der Waals surface area contributed by atoms with E-state index in [0.717, 1.165) is 24.6 Å². The van der Waals surface area contributed by atoms with Gasteiger partial charge in [0.2, 0.25) is 0 Å². The van der Waals surface area contributed by atoms with Crippen molar-refractivity contribution in [1.29, 1.82) is 0 Å². The third-order valence-electron chi connectivity index (χ3n) is 5.22. The molecule has 9 nitrogen and oxygen atoms in total. The van der Waals surface area contributed by atoms with Crippen molar-refractivity contribution in [2.45, 2.75) is 51.9 Å². The van der Waals surface area contributed by atoms with Gasteiger partial charge in [0.25, 0.3) is 0 Å². The van der Waals surface area contributed by atoms with Crippen molar-refractivity contribution >= 4 is 17.5 Å². The molecular formula is C21H26O9. The molecule has 0 saturated heterocycles. The Morgan fingerprint density at radius 3 is 2.20 bits per heavy atom. The van der Waals surface area contributed by atoms with Gasteiger partial charge in [0.1, 0.15) is 29.1 Å². The number of ketones is 2. The summed E-state index contributed by atoms with van der Waals surface area (Å²) in [6.45, 7) is 3.59. The highest BCUT2D eigenvalue weighted by Crippen LogP contribution is 2.48. The number of phenols is 2. The van der Waals surface area contributed by atoms with E-state index in [-0.39, 0.29) is 6.42 Å². The summed E-state index contributed by atoms with van der Waals surface area (Å²) in [7, 11) is 0. The number of carbonyl (C=O) groups is 3. The maximum Gasteiger partial charge on any atom is 0.303 e. The monoisotopic (exact) mass is 422 g/mol. The van der Waals surface area contributed by atoms with E-state index in [1.807, 2.05) is 0 Å². The van der Waals surface area contributed by atoms with Crippen molar-refractivity contribution in [1.82, 2.24) is 0 Å². The molecule has 30 heavy (non-hydrogen) atoms. The molecule has 0 amide bonds. The largest absolute Gasteiger partial charge is 0.507 e. The minimum Gasteiger partial charge on any atom is -0.507 e. The maximum absolute atomic E-state index is 13.6. The molecule has 164 valence electrons. The second-order valence-electron chi connectivity index (χ2n) is 7.64. The Morgan fingerprint density at radius 2 is 1.70 bits per heavy atom. The molecule has 0 fully saturated rings. The SMILES string of the molecule is CC(=O)OC(C(O)CO)C1([C@H](O)CC=C(C)C)CC(=O)c2c(O)ccc(O)c2C1=O. The molecule has 1 aromatic rings. The van der Waals surface area contributed by atoms with E-state index >= 15 is 0 Å². The van der Waals surface area contributed by atoms with Crippen LogP contribution in [-0.4, -0.2) is 68.0 Å². The van der Waals surface area contributed by atoms with Gasteiger partial charge in [-0.25, -0.2) is 0 Å². The number of fused-ring (bicyclic) bond motifs is 1. The van der Waals surface area contributed by atoms with Gasteiger partial charge in [0, 0.05) is 13.3 Å². The maximum atomic E-state index is 13.6. The third-order valence-corrected chi connectivity index (χ3v) is 5.22. The first kappa shape index (κ1) is 23.5. The molecule has 0 bridgehead atoms. The molecule has 0 radical (unpaired) electrons. The van der Waals surface area contributed by atoms with E-state index in [2.05, 4.69) is 0 Å². The van der Waals surface area contributed by atoms with E-state index in [1.54, 1.807) is 19.9 Å². The van der Waals surface area contributed by atoms with Crippen LogP contribution in [0.3, 0.4) is 0 Å². The van der Waals surface area contributed by atoms with Gasteiger partial charge in [-0.3, -0.25) is 14.4 Å². The predicted octanol–water partition coefficient (Wildman–Crippen LogP) is 0.855. The second kappa shape index (κ2) is 8.95. The van der Waals surface area contributed by atoms with Crippen LogP contribution in [0.2, 0.25) is 0 Å². The number of Topliss-reactive ketones (excluding diaryl/α,β-unsaturated/α-hetero) is 2. The molecule has 5 N–H and O–H groups in total. The number of rotatable bonds is 7. The van der Waals surface area contributed by atoms with Gasteiger partial charge in [-0.1, -0.05) is 11.6 Å². The number of phenolic OH excluding ortho intramolecular Hbond substituents is 2. The van der Waals surface area contributed by atoms with E-state index in [0.29, 0.717) is 0 Å². The van der Waals surface area contributed by atoms with Crippen LogP contribution in [0.1, 0.15) is 54.3 Å². The molecule has 0 aliphatic heterocycles. The number of ether oxygens (including phenoxy) is 1. The zero-order chi connectivity index (χ0) is 22.8. The molecule has 1 aliphatic carbocycles. The minimum atomic E-state index is -2.20. The van der Waals surface area contributed by atoms with Crippen molar-refractivity contribution in [3.63, 3.8) is 0 Å². The van der Waals surface area contributed by atoms with Gasteiger partial charge >= 0.3 is 5.97 Å². The Bertz CT molecular complexity index is 885. The van der Waals surface area contributed by atoms with E-state index in [4.69, 9.17) is 4.74 Å². The van der Waals surface area contributed by atoms with Gasteiger partial charge in [0.05, 0.1) is 23.8 Å². The normalized spacial score (nSPS) is 21.4. The zero-order valence-electron chi connectivity index (χ0n) is 17.0. The van der Waals surface area contributed by atoms with Crippen molar-refractivity contribution in [2.75, 3.05) is 6.61 Å². The fourth-order valence-electron chi connectivity index (χ4n) is 3.81. The number of aromatic hydroxyl groups is 2. The Labute approximate surface area is 173 Å². The lowest BCUT2D eigenvalue weighted by Crippen LogP contribution is -2.60. The molecular weight excluding hydrogens is 396 g/mol. The fourth-order valence-corrected chi connectivity index (χ4v) is 3.81. The Hall–Kier alpha value is -2.75. The van der Waals surface area contributed by atoms with Crippen LogP contribution in [0.25, 0.3) is 0 Å². The summed E-state index contributed by atoms with van der Waals surface area (Å²) in [4.78, 5) is 38.2. The predicted molar refractivity (Wildman–Crippen MR) is 104 cm³/mol. The summed E-state index contributed by atoms with van der Waals surface area (Å²) in [6.07, 6.45) is -4.46. The Balaban J connectivity index is 2.80. The molecule has 1 aliphatic rings. The number of aliphatic hydroxyl groups is 3. The molecule has 9 heteroatoms. The van der Waals surface area contributed by atoms with Gasteiger partial charge in [-0.15, -0.1) is 0 Å². The van der Waals surface area contributed by atoms with Crippen LogP contribution in [0.4, 0.5) is 0 Å². The van der Waals surface area contributed by atoms with Crippen molar-refractivity contribution < 1.29 is 44.7 Å². The topological polar surface area (TPSA) is 162 Å². The molecule has 0 heterocycles. The van der Waals surface area contributed by atoms with E-state index in [9.17, 15) is 39.9 Å². The smallest absolute Gasteiger partial charge is 0.303 e. The van der Waals surface area contributed by atoms with Crippen LogP contribution in [0, 0.1) is 5.41 Å². The Morgan fingerprint density at radius 1 is 1.13 bits per heavy atom. The fraction of sp³-hybridized carbons (Fsp3) is 0.476. The number of hydrogen-bond acceptors (Lipinski definition) is 9. The lowest BCUT2D eigenvalue weighted by Gasteiger charge is -2.45. The summed E-state index contributed by atoms with van der Waals surface area (Å²) >= 11 is 0. The number of aliphatic hydroxyl groups excluding tert-OH is 3. The number of carbonyl (C=O) groups excluding carboxylic acids is 3. The summed E-state index contributed by atoms with van der Waals surface area (Å²) in [5.74, 6) is -3.83. The quantitative estimate of drug-likeness (QED) is 0.244. The molecule has 0 aromatic heterocycles. The van der Waals surface area contributed by atoms with Crippen LogP contribution in [-0.2, 0) is 9.53 Å². The number of allylic oxidation sites excluding steroid dienone is 1. The first-order chi connectivity index (χ1) is 14.0. The first-order valence-electron chi connectivity index (χ1n) is 9.37. The summed E-state index contributed by atoms with van der Waals surface area (Å²) in [5.41, 5.74) is -2.35. The van der Waals surface area contributed by atoms with E-state index < -0.39 is 76.9 Å². The van der Waals surface area contributed by atoms with Gasteiger partial charge in [-0.2, -0.15) is 0 Å². The molecule has 0 spiro atoms.